The van der Waals surface area contributed by atoms with Crippen molar-refractivity contribution in [3.8, 4) is 11.3 Å². The number of benzene rings is 1. The van der Waals surface area contributed by atoms with E-state index in [2.05, 4.69) is 20.1 Å². The molecule has 2 heterocycles. The third-order valence-corrected chi connectivity index (χ3v) is 3.60. The molecule has 2 aromatic rings. The molecule has 25 heavy (non-hydrogen) atoms. The Morgan fingerprint density at radius 2 is 1.96 bits per heavy atom. The molecule has 7 nitrogen and oxygen atoms in total. The summed E-state index contributed by atoms with van der Waals surface area (Å²) in [5.41, 5.74) is 2.04. The van der Waals surface area contributed by atoms with Crippen LogP contribution >= 0.6 is 0 Å². The van der Waals surface area contributed by atoms with Gasteiger partial charge in [-0.25, -0.2) is 9.98 Å². The van der Waals surface area contributed by atoms with Gasteiger partial charge in [-0.15, -0.1) is 0 Å². The summed E-state index contributed by atoms with van der Waals surface area (Å²) in [4.78, 5) is 35.6. The van der Waals surface area contributed by atoms with E-state index in [4.69, 9.17) is 4.52 Å². The molecule has 0 spiro atoms. The van der Waals surface area contributed by atoms with Gasteiger partial charge in [-0.3, -0.25) is 9.59 Å². The lowest BCUT2D eigenvalue weighted by molar-refractivity contribution is -0.113. The fourth-order valence-electron chi connectivity index (χ4n) is 2.38. The second-order valence-corrected chi connectivity index (χ2v) is 5.24. The van der Waals surface area contributed by atoms with Crippen molar-refractivity contribution in [2.75, 3.05) is 0 Å². The molecule has 1 aliphatic carbocycles. The molecule has 4 rings (SSSR count). The van der Waals surface area contributed by atoms with Crippen molar-refractivity contribution in [1.82, 2.24) is 5.16 Å². The molecule has 0 fully saturated rings. The SMILES string of the molecule is O=C1N=CN=C2C=CC(=NC(=O)c3cc(-c4ccccc4)on3)C=C12. The molecule has 2 amide bonds. The van der Waals surface area contributed by atoms with E-state index >= 15 is 0 Å². The lowest BCUT2D eigenvalue weighted by Gasteiger charge is -2.10. The van der Waals surface area contributed by atoms with Crippen LogP contribution in [0.15, 0.2) is 79.7 Å². The number of carbonyl (C=O) groups excluding carboxylic acids is 2. The Hall–Kier alpha value is -3.74. The van der Waals surface area contributed by atoms with Gasteiger partial charge in [-0.2, -0.15) is 4.99 Å². The molecule has 2 aliphatic rings. The van der Waals surface area contributed by atoms with Crippen molar-refractivity contribution in [2.45, 2.75) is 0 Å². The van der Waals surface area contributed by atoms with Gasteiger partial charge >= 0.3 is 0 Å². The normalized spacial score (nSPS) is 17.3. The van der Waals surface area contributed by atoms with Crippen LogP contribution in [0, 0.1) is 0 Å². The molecule has 1 aromatic heterocycles. The smallest absolute Gasteiger partial charge is 0.299 e. The molecule has 7 heteroatoms. The highest BCUT2D eigenvalue weighted by Crippen LogP contribution is 2.20. The quantitative estimate of drug-likeness (QED) is 0.790. The topological polar surface area (TPSA) is 97.2 Å². The van der Waals surface area contributed by atoms with Crippen molar-refractivity contribution in [3.63, 3.8) is 0 Å². The summed E-state index contributed by atoms with van der Waals surface area (Å²) in [7, 11) is 0. The first-order valence-electron chi connectivity index (χ1n) is 7.41. The molecule has 120 valence electrons. The summed E-state index contributed by atoms with van der Waals surface area (Å²) in [5.74, 6) is -0.496. The van der Waals surface area contributed by atoms with Crippen molar-refractivity contribution in [2.24, 2.45) is 15.0 Å². The summed E-state index contributed by atoms with van der Waals surface area (Å²) in [6, 6.07) is 10.8. The predicted molar refractivity (Wildman–Crippen MR) is 91.9 cm³/mol. The molecule has 0 saturated heterocycles. The van der Waals surface area contributed by atoms with Crippen LogP contribution < -0.4 is 0 Å². The van der Waals surface area contributed by atoms with Gasteiger partial charge in [0.05, 0.1) is 17.0 Å². The number of aliphatic imine (C=N–C) groups is 3. The van der Waals surface area contributed by atoms with Crippen LogP contribution in [-0.4, -0.2) is 34.7 Å². The molecule has 1 aliphatic heterocycles. The highest BCUT2D eigenvalue weighted by Gasteiger charge is 2.21. The second kappa shape index (κ2) is 6.04. The van der Waals surface area contributed by atoms with Crippen molar-refractivity contribution in [1.29, 1.82) is 0 Å². The fourth-order valence-corrected chi connectivity index (χ4v) is 2.38. The van der Waals surface area contributed by atoms with Gasteiger partial charge in [0.25, 0.3) is 11.8 Å². The maximum atomic E-state index is 12.3. The van der Waals surface area contributed by atoms with Gasteiger partial charge in [0, 0.05) is 11.6 Å². The van der Waals surface area contributed by atoms with Crippen LogP contribution in [0.1, 0.15) is 10.5 Å². The third-order valence-electron chi connectivity index (χ3n) is 3.60. The van der Waals surface area contributed by atoms with Gasteiger partial charge < -0.3 is 4.52 Å². The Balaban J connectivity index is 1.60. The van der Waals surface area contributed by atoms with Gasteiger partial charge in [0.2, 0.25) is 0 Å². The Bertz CT molecular complexity index is 1020. The maximum Gasteiger partial charge on any atom is 0.299 e. The van der Waals surface area contributed by atoms with Crippen LogP contribution in [0.2, 0.25) is 0 Å². The molecule has 0 atom stereocenters. The van der Waals surface area contributed by atoms with Crippen LogP contribution in [0.5, 0.6) is 0 Å². The highest BCUT2D eigenvalue weighted by molar-refractivity contribution is 6.36. The Morgan fingerprint density at radius 1 is 1.12 bits per heavy atom. The zero-order valence-electron chi connectivity index (χ0n) is 12.8. The highest BCUT2D eigenvalue weighted by atomic mass is 16.5. The minimum absolute atomic E-state index is 0.0885. The Labute approximate surface area is 141 Å². The molecular formula is C18H10N4O3. The van der Waals surface area contributed by atoms with E-state index in [9.17, 15) is 9.59 Å². The van der Waals surface area contributed by atoms with Gasteiger partial charge in [-0.1, -0.05) is 35.5 Å². The summed E-state index contributed by atoms with van der Waals surface area (Å²) < 4.78 is 5.20. The zero-order valence-corrected chi connectivity index (χ0v) is 12.8. The van der Waals surface area contributed by atoms with E-state index in [1.807, 2.05) is 30.3 Å². The van der Waals surface area contributed by atoms with E-state index < -0.39 is 11.8 Å². The summed E-state index contributed by atoms with van der Waals surface area (Å²) in [6.07, 6.45) is 5.90. The third kappa shape index (κ3) is 2.90. The average molecular weight is 330 g/mol. The average Bonchev–Trinajstić information content (AvgIpc) is 3.13. The van der Waals surface area contributed by atoms with E-state index in [0.717, 1.165) is 5.56 Å². The number of hydrogen-bond acceptors (Lipinski definition) is 5. The number of hydrogen-bond donors (Lipinski definition) is 0. The molecule has 0 radical (unpaired) electrons. The van der Waals surface area contributed by atoms with E-state index in [1.165, 1.54) is 18.5 Å². The number of fused-ring (bicyclic) bond motifs is 1. The van der Waals surface area contributed by atoms with Crippen LogP contribution in [0.25, 0.3) is 11.3 Å². The molecule has 0 bridgehead atoms. The molecular weight excluding hydrogens is 320 g/mol. The zero-order chi connectivity index (χ0) is 17.2. The molecule has 0 saturated carbocycles. The minimum Gasteiger partial charge on any atom is -0.355 e. The first-order valence-corrected chi connectivity index (χ1v) is 7.41. The van der Waals surface area contributed by atoms with Crippen LogP contribution in [0.3, 0.4) is 0 Å². The first-order chi connectivity index (χ1) is 12.2. The summed E-state index contributed by atoms with van der Waals surface area (Å²) in [6.45, 7) is 0. The largest absolute Gasteiger partial charge is 0.355 e. The number of rotatable bonds is 2. The Morgan fingerprint density at radius 3 is 2.80 bits per heavy atom. The van der Waals surface area contributed by atoms with E-state index in [1.54, 1.807) is 12.2 Å². The second-order valence-electron chi connectivity index (χ2n) is 5.24. The predicted octanol–water partition coefficient (Wildman–Crippen LogP) is 2.43. The lowest BCUT2D eigenvalue weighted by atomic mass is 10.0. The maximum absolute atomic E-state index is 12.3. The fraction of sp³-hybridized carbons (Fsp3) is 0. The summed E-state index contributed by atoms with van der Waals surface area (Å²) in [5, 5.41) is 3.76. The molecule has 0 N–H and O–H groups in total. The van der Waals surface area contributed by atoms with Crippen molar-refractivity contribution < 1.29 is 14.1 Å². The molecule has 1 aromatic carbocycles. The lowest BCUT2D eigenvalue weighted by Crippen LogP contribution is -2.18. The number of nitrogens with zero attached hydrogens (tertiary/aromatic N) is 4. The van der Waals surface area contributed by atoms with Crippen molar-refractivity contribution in [3.05, 3.63) is 65.9 Å². The standard InChI is InChI=1S/C18H10N4O3/c23-17-13-8-12(6-7-14(13)19-10-20-17)21-18(24)15-9-16(25-22-15)11-4-2-1-3-5-11/h1-10H. The number of carbonyl (C=O) groups is 2. The summed E-state index contributed by atoms with van der Waals surface area (Å²) >= 11 is 0. The van der Waals surface area contributed by atoms with Gasteiger partial charge in [0.1, 0.15) is 6.34 Å². The van der Waals surface area contributed by atoms with Crippen LogP contribution in [0.4, 0.5) is 0 Å². The van der Waals surface area contributed by atoms with E-state index in [0.29, 0.717) is 22.8 Å². The first kappa shape index (κ1) is 14.8. The van der Waals surface area contributed by atoms with Crippen LogP contribution in [-0.2, 0) is 4.79 Å². The van der Waals surface area contributed by atoms with Gasteiger partial charge in [-0.05, 0) is 18.2 Å². The number of allylic oxidation sites excluding steroid dienone is 3. The molecule has 0 unspecified atom stereocenters. The van der Waals surface area contributed by atoms with Gasteiger partial charge in [0.15, 0.2) is 11.5 Å². The minimum atomic E-state index is -0.561. The number of amides is 2. The Kier molecular flexibility index (Phi) is 3.59. The van der Waals surface area contributed by atoms with Crippen molar-refractivity contribution >= 4 is 29.6 Å². The van der Waals surface area contributed by atoms with E-state index in [-0.39, 0.29) is 5.69 Å². The number of aromatic nitrogens is 1. The monoisotopic (exact) mass is 330 g/mol.